The molecule has 3 heteroatoms. The predicted molar refractivity (Wildman–Crippen MR) is 65.0 cm³/mol. The van der Waals surface area contributed by atoms with Crippen LogP contribution in [-0.2, 0) is 0 Å². The van der Waals surface area contributed by atoms with E-state index in [9.17, 15) is 0 Å². The van der Waals surface area contributed by atoms with Gasteiger partial charge in [-0.15, -0.1) is 0 Å². The molecule has 3 N–H and O–H groups in total. The highest BCUT2D eigenvalue weighted by Crippen LogP contribution is 2.14. The van der Waals surface area contributed by atoms with E-state index in [0.717, 1.165) is 11.3 Å². The van der Waals surface area contributed by atoms with Crippen molar-refractivity contribution < 1.29 is 5.11 Å². The highest BCUT2D eigenvalue weighted by Gasteiger charge is 2.00. The summed E-state index contributed by atoms with van der Waals surface area (Å²) in [6.45, 7) is 0. The zero-order valence-corrected chi connectivity index (χ0v) is 8.64. The number of hydrogen-bond acceptors (Lipinski definition) is 2. The first-order valence-corrected chi connectivity index (χ1v) is 4.96. The van der Waals surface area contributed by atoms with Gasteiger partial charge in [-0.2, -0.15) is 0 Å². The molecule has 0 bridgehead atoms. The van der Waals surface area contributed by atoms with E-state index >= 15 is 0 Å². The first kappa shape index (κ1) is 10.2. The van der Waals surface area contributed by atoms with E-state index in [1.54, 1.807) is 24.3 Å². The van der Waals surface area contributed by atoms with Crippen LogP contribution >= 0.6 is 0 Å². The molecule has 16 heavy (non-hydrogen) atoms. The van der Waals surface area contributed by atoms with Crippen molar-refractivity contribution in [2.24, 2.45) is 0 Å². The van der Waals surface area contributed by atoms with Crippen LogP contribution in [0.5, 0.6) is 5.75 Å². The molecular weight excluding hydrogens is 200 g/mol. The molecule has 0 spiro atoms. The molecule has 2 aromatic rings. The van der Waals surface area contributed by atoms with Gasteiger partial charge in [-0.1, -0.05) is 30.3 Å². The van der Waals surface area contributed by atoms with Crippen LogP contribution < -0.4 is 5.32 Å². The van der Waals surface area contributed by atoms with Gasteiger partial charge in [0, 0.05) is 11.3 Å². The number of phenols is 1. The molecule has 0 atom stereocenters. The molecule has 0 radical (unpaired) electrons. The average Bonchev–Trinajstić information content (AvgIpc) is 2.33. The summed E-state index contributed by atoms with van der Waals surface area (Å²) >= 11 is 0. The molecule has 0 heterocycles. The van der Waals surface area contributed by atoms with Crippen molar-refractivity contribution in [2.75, 3.05) is 5.32 Å². The summed E-state index contributed by atoms with van der Waals surface area (Å²) in [5.74, 6) is 0.558. The van der Waals surface area contributed by atoms with Gasteiger partial charge < -0.3 is 10.4 Å². The van der Waals surface area contributed by atoms with E-state index in [0.29, 0.717) is 5.84 Å². The van der Waals surface area contributed by atoms with Crippen molar-refractivity contribution in [3.63, 3.8) is 0 Å². The number of benzene rings is 2. The lowest BCUT2D eigenvalue weighted by molar-refractivity contribution is 0.475. The smallest absolute Gasteiger partial charge is 0.129 e. The molecule has 0 saturated carbocycles. The minimum atomic E-state index is 0.219. The van der Waals surface area contributed by atoms with Crippen molar-refractivity contribution in [2.45, 2.75) is 0 Å². The number of hydrogen-bond donors (Lipinski definition) is 3. The van der Waals surface area contributed by atoms with Gasteiger partial charge in [0.25, 0.3) is 0 Å². The molecular formula is C13H12N2O. The van der Waals surface area contributed by atoms with Crippen LogP contribution in [0.2, 0.25) is 0 Å². The Labute approximate surface area is 93.9 Å². The number of anilines is 1. The van der Waals surface area contributed by atoms with Crippen LogP contribution in [0, 0.1) is 5.41 Å². The lowest BCUT2D eigenvalue weighted by atomic mass is 10.2. The van der Waals surface area contributed by atoms with Gasteiger partial charge in [-0.3, -0.25) is 5.41 Å². The Kier molecular flexibility index (Phi) is 2.87. The molecule has 0 aliphatic rings. The molecule has 3 nitrogen and oxygen atoms in total. The van der Waals surface area contributed by atoms with Crippen molar-refractivity contribution in [3.05, 3.63) is 60.2 Å². The van der Waals surface area contributed by atoms with E-state index in [2.05, 4.69) is 5.32 Å². The molecule has 0 amide bonds. The molecule has 0 aliphatic carbocycles. The maximum atomic E-state index is 9.13. The Morgan fingerprint density at radius 2 is 1.56 bits per heavy atom. The largest absolute Gasteiger partial charge is 0.508 e. The van der Waals surface area contributed by atoms with Crippen LogP contribution in [0.1, 0.15) is 5.56 Å². The van der Waals surface area contributed by atoms with Crippen LogP contribution in [0.4, 0.5) is 5.69 Å². The van der Waals surface area contributed by atoms with E-state index in [1.165, 1.54) is 0 Å². The number of aromatic hydroxyl groups is 1. The molecule has 0 aliphatic heterocycles. The molecule has 2 aromatic carbocycles. The van der Waals surface area contributed by atoms with Crippen LogP contribution in [0.25, 0.3) is 0 Å². The summed E-state index contributed by atoms with van der Waals surface area (Å²) in [6, 6.07) is 16.1. The average molecular weight is 212 g/mol. The molecule has 0 unspecified atom stereocenters. The van der Waals surface area contributed by atoms with Crippen LogP contribution in [0.15, 0.2) is 54.6 Å². The monoisotopic (exact) mass is 212 g/mol. The Hall–Kier alpha value is -2.29. The van der Waals surface area contributed by atoms with Gasteiger partial charge in [0.15, 0.2) is 0 Å². The van der Waals surface area contributed by atoms with Gasteiger partial charge in [0.05, 0.1) is 0 Å². The molecule has 0 aromatic heterocycles. The third kappa shape index (κ3) is 2.39. The van der Waals surface area contributed by atoms with E-state index in [1.807, 2.05) is 30.3 Å². The Morgan fingerprint density at radius 3 is 2.19 bits per heavy atom. The van der Waals surface area contributed by atoms with Crippen molar-refractivity contribution >= 4 is 11.5 Å². The van der Waals surface area contributed by atoms with E-state index < -0.39 is 0 Å². The van der Waals surface area contributed by atoms with Crippen LogP contribution in [-0.4, -0.2) is 10.9 Å². The van der Waals surface area contributed by atoms with Gasteiger partial charge in [-0.25, -0.2) is 0 Å². The zero-order chi connectivity index (χ0) is 11.4. The Bertz CT molecular complexity index is 477. The lowest BCUT2D eigenvalue weighted by Gasteiger charge is -2.07. The van der Waals surface area contributed by atoms with Crippen molar-refractivity contribution in [1.29, 1.82) is 5.41 Å². The summed E-state index contributed by atoms with van der Waals surface area (Å²) in [5.41, 5.74) is 1.61. The van der Waals surface area contributed by atoms with Gasteiger partial charge in [0.2, 0.25) is 0 Å². The third-order valence-electron chi connectivity index (χ3n) is 2.20. The number of nitrogens with one attached hydrogen (secondary N) is 2. The highest BCUT2D eigenvalue weighted by atomic mass is 16.3. The normalized spacial score (nSPS) is 9.75. The maximum absolute atomic E-state index is 9.13. The minimum Gasteiger partial charge on any atom is -0.508 e. The highest BCUT2D eigenvalue weighted by molar-refractivity contribution is 6.06. The quantitative estimate of drug-likeness (QED) is 0.407. The summed E-state index contributed by atoms with van der Waals surface area (Å²) in [4.78, 5) is 0. The number of rotatable bonds is 2. The molecule has 0 fully saturated rings. The molecule has 80 valence electrons. The maximum Gasteiger partial charge on any atom is 0.129 e. The van der Waals surface area contributed by atoms with Gasteiger partial charge >= 0.3 is 0 Å². The second-order valence-electron chi connectivity index (χ2n) is 3.41. The topological polar surface area (TPSA) is 56.1 Å². The van der Waals surface area contributed by atoms with E-state index in [4.69, 9.17) is 10.5 Å². The van der Waals surface area contributed by atoms with Crippen molar-refractivity contribution in [1.82, 2.24) is 0 Å². The Balaban J connectivity index is 2.11. The third-order valence-corrected chi connectivity index (χ3v) is 2.20. The second-order valence-corrected chi connectivity index (χ2v) is 3.41. The zero-order valence-electron chi connectivity index (χ0n) is 8.64. The number of amidine groups is 1. The predicted octanol–water partition coefficient (Wildman–Crippen LogP) is 2.83. The number of phenolic OH excluding ortho intramolecular Hbond substituents is 1. The summed E-state index contributed by atoms with van der Waals surface area (Å²) in [7, 11) is 0. The van der Waals surface area contributed by atoms with Gasteiger partial charge in [0.1, 0.15) is 11.6 Å². The van der Waals surface area contributed by atoms with Gasteiger partial charge in [-0.05, 0) is 24.3 Å². The van der Waals surface area contributed by atoms with Crippen LogP contribution in [0.3, 0.4) is 0 Å². The Morgan fingerprint density at radius 1 is 0.938 bits per heavy atom. The standard InChI is InChI=1S/C13H12N2O/c14-13(10-4-2-1-3-5-10)15-11-6-8-12(16)9-7-11/h1-9,16H,(H2,14,15). The van der Waals surface area contributed by atoms with Crippen molar-refractivity contribution in [3.8, 4) is 5.75 Å². The minimum absolute atomic E-state index is 0.219. The molecule has 2 rings (SSSR count). The summed E-state index contributed by atoms with van der Waals surface area (Å²) in [5, 5.41) is 19.9. The summed E-state index contributed by atoms with van der Waals surface area (Å²) in [6.07, 6.45) is 0. The fourth-order valence-corrected chi connectivity index (χ4v) is 1.37. The fraction of sp³-hybridized carbons (Fsp3) is 0. The molecule has 0 saturated heterocycles. The first-order chi connectivity index (χ1) is 7.75. The van der Waals surface area contributed by atoms with E-state index in [-0.39, 0.29) is 5.75 Å². The first-order valence-electron chi connectivity index (χ1n) is 4.96. The lowest BCUT2D eigenvalue weighted by Crippen LogP contribution is -2.11. The second kappa shape index (κ2) is 4.49. The SMILES string of the molecule is N=C(Nc1ccc(O)cc1)c1ccccc1. The fourth-order valence-electron chi connectivity index (χ4n) is 1.37. The summed E-state index contributed by atoms with van der Waals surface area (Å²) < 4.78 is 0.